The number of aryl methyl sites for hydroxylation is 1. The van der Waals surface area contributed by atoms with E-state index in [2.05, 4.69) is 29.1 Å². The molecule has 2 heterocycles. The molecule has 2 aromatic heterocycles. The van der Waals surface area contributed by atoms with Gasteiger partial charge in [-0.15, -0.1) is 0 Å². The Kier molecular flexibility index (Phi) is 2.41. The van der Waals surface area contributed by atoms with Gasteiger partial charge in [-0.05, 0) is 12.5 Å². The summed E-state index contributed by atoms with van der Waals surface area (Å²) in [6.07, 6.45) is 4.39. The van der Waals surface area contributed by atoms with E-state index in [1.807, 2.05) is 18.3 Å². The van der Waals surface area contributed by atoms with Crippen LogP contribution < -0.4 is 0 Å². The van der Waals surface area contributed by atoms with Crippen molar-refractivity contribution in [2.75, 3.05) is 0 Å². The number of carbonyl (C=O) groups excluding carboxylic acids is 1. The number of hydrogen-bond donors (Lipinski definition) is 0. The van der Waals surface area contributed by atoms with Crippen LogP contribution in [0.25, 0.3) is 16.8 Å². The van der Waals surface area contributed by atoms with Gasteiger partial charge in [0.25, 0.3) is 0 Å². The number of fused-ring (bicyclic) bond motifs is 1. The van der Waals surface area contributed by atoms with E-state index in [4.69, 9.17) is 0 Å². The van der Waals surface area contributed by atoms with E-state index in [9.17, 15) is 4.79 Å². The van der Waals surface area contributed by atoms with Crippen LogP contribution in [0, 0.1) is 6.92 Å². The molecule has 3 aromatic rings. The van der Waals surface area contributed by atoms with Crippen LogP contribution in [0.2, 0.25) is 0 Å². The molecule has 18 heavy (non-hydrogen) atoms. The van der Waals surface area contributed by atoms with E-state index < -0.39 is 0 Å². The molecule has 0 saturated carbocycles. The molecule has 4 nitrogen and oxygen atoms in total. The van der Waals surface area contributed by atoms with E-state index in [0.717, 1.165) is 17.4 Å². The minimum Gasteiger partial charge on any atom is -0.296 e. The zero-order chi connectivity index (χ0) is 12.5. The van der Waals surface area contributed by atoms with Gasteiger partial charge in [0, 0.05) is 24.0 Å². The number of aldehydes is 1. The van der Waals surface area contributed by atoms with Crippen molar-refractivity contribution < 1.29 is 4.79 Å². The molecule has 0 aliphatic heterocycles. The van der Waals surface area contributed by atoms with E-state index in [0.29, 0.717) is 11.3 Å². The van der Waals surface area contributed by atoms with Gasteiger partial charge in [0.1, 0.15) is 5.69 Å². The minimum absolute atomic E-state index is 0.392. The number of benzene rings is 1. The minimum atomic E-state index is 0.392. The van der Waals surface area contributed by atoms with Crippen LogP contribution in [0.4, 0.5) is 0 Å². The van der Waals surface area contributed by atoms with Gasteiger partial charge in [-0.25, -0.2) is 9.50 Å². The lowest BCUT2D eigenvalue weighted by Gasteiger charge is -2.02. The van der Waals surface area contributed by atoms with Crippen molar-refractivity contribution in [3.63, 3.8) is 0 Å². The van der Waals surface area contributed by atoms with E-state index in [1.54, 1.807) is 16.8 Å². The maximum Gasteiger partial charge on any atom is 0.170 e. The first-order chi connectivity index (χ1) is 8.76. The Bertz CT molecular complexity index is 713. The first-order valence-electron chi connectivity index (χ1n) is 5.64. The summed E-state index contributed by atoms with van der Waals surface area (Å²) in [5, 5.41) is 4.12. The fourth-order valence-corrected chi connectivity index (χ4v) is 1.85. The topological polar surface area (TPSA) is 47.3 Å². The number of carbonyl (C=O) groups is 1. The van der Waals surface area contributed by atoms with Crippen LogP contribution in [0.1, 0.15) is 16.1 Å². The molecular weight excluding hydrogens is 226 g/mol. The third-order valence-electron chi connectivity index (χ3n) is 2.84. The lowest BCUT2D eigenvalue weighted by atomic mass is 10.1. The van der Waals surface area contributed by atoms with Crippen LogP contribution in [0.3, 0.4) is 0 Å². The fraction of sp³-hybridized carbons (Fsp3) is 0.0714. The highest BCUT2D eigenvalue weighted by atomic mass is 16.1. The average Bonchev–Trinajstić information content (AvgIpc) is 2.81. The molecule has 0 N–H and O–H groups in total. The number of hydrogen-bond acceptors (Lipinski definition) is 3. The maximum atomic E-state index is 10.7. The summed E-state index contributed by atoms with van der Waals surface area (Å²) in [7, 11) is 0. The van der Waals surface area contributed by atoms with Gasteiger partial charge < -0.3 is 0 Å². The predicted octanol–water partition coefficient (Wildman–Crippen LogP) is 2.52. The molecule has 1 aromatic carbocycles. The molecule has 0 atom stereocenters. The van der Waals surface area contributed by atoms with Gasteiger partial charge in [-0.1, -0.05) is 29.8 Å². The standard InChI is InChI=1S/C14H11N3O/c1-10-2-4-11(5-3-10)12-7-15-14-6-13(9-18)16-17(14)8-12/h2-9H,1H3. The molecule has 0 aliphatic carbocycles. The zero-order valence-electron chi connectivity index (χ0n) is 9.87. The molecule has 0 aliphatic rings. The number of aromatic nitrogens is 3. The predicted molar refractivity (Wildman–Crippen MR) is 68.5 cm³/mol. The summed E-state index contributed by atoms with van der Waals surface area (Å²) in [5.74, 6) is 0. The van der Waals surface area contributed by atoms with Crippen molar-refractivity contribution >= 4 is 11.9 Å². The van der Waals surface area contributed by atoms with E-state index in [-0.39, 0.29) is 0 Å². The van der Waals surface area contributed by atoms with Gasteiger partial charge in [-0.2, -0.15) is 5.10 Å². The molecular formula is C14H11N3O. The van der Waals surface area contributed by atoms with Crippen molar-refractivity contribution in [2.24, 2.45) is 0 Å². The second kappa shape index (κ2) is 4.07. The lowest BCUT2D eigenvalue weighted by molar-refractivity contribution is 0.111. The highest BCUT2D eigenvalue weighted by Crippen LogP contribution is 2.19. The first-order valence-corrected chi connectivity index (χ1v) is 5.64. The quantitative estimate of drug-likeness (QED) is 0.643. The summed E-state index contributed by atoms with van der Waals surface area (Å²) in [5.41, 5.74) is 4.34. The number of nitrogens with zero attached hydrogens (tertiary/aromatic N) is 3. The Balaban J connectivity index is 2.12. The van der Waals surface area contributed by atoms with Crippen LogP contribution in [0.15, 0.2) is 42.7 Å². The molecule has 3 rings (SSSR count). The molecule has 0 unspecified atom stereocenters. The largest absolute Gasteiger partial charge is 0.296 e. The highest BCUT2D eigenvalue weighted by molar-refractivity contribution is 5.74. The third-order valence-corrected chi connectivity index (χ3v) is 2.84. The van der Waals surface area contributed by atoms with Crippen LogP contribution in [0.5, 0.6) is 0 Å². The van der Waals surface area contributed by atoms with Crippen molar-refractivity contribution in [1.29, 1.82) is 0 Å². The van der Waals surface area contributed by atoms with Gasteiger partial charge >= 0.3 is 0 Å². The molecule has 4 heteroatoms. The lowest BCUT2D eigenvalue weighted by Crippen LogP contribution is -1.92. The van der Waals surface area contributed by atoms with E-state index >= 15 is 0 Å². The van der Waals surface area contributed by atoms with Gasteiger partial charge in [0.2, 0.25) is 0 Å². The van der Waals surface area contributed by atoms with Crippen molar-refractivity contribution in [3.05, 3.63) is 54.0 Å². The van der Waals surface area contributed by atoms with Crippen LogP contribution in [-0.4, -0.2) is 20.9 Å². The third kappa shape index (κ3) is 1.78. The Morgan fingerprint density at radius 3 is 2.67 bits per heavy atom. The summed E-state index contributed by atoms with van der Waals surface area (Å²) >= 11 is 0. The smallest absolute Gasteiger partial charge is 0.170 e. The molecule has 0 radical (unpaired) electrons. The molecule has 0 saturated heterocycles. The molecule has 0 fully saturated rings. The Morgan fingerprint density at radius 2 is 1.94 bits per heavy atom. The Morgan fingerprint density at radius 1 is 1.17 bits per heavy atom. The van der Waals surface area contributed by atoms with Gasteiger partial charge in [0.05, 0.1) is 0 Å². The van der Waals surface area contributed by atoms with Crippen LogP contribution in [-0.2, 0) is 0 Å². The monoisotopic (exact) mass is 237 g/mol. The SMILES string of the molecule is Cc1ccc(-c2cnc3cc(C=O)nn3c2)cc1. The molecule has 0 amide bonds. The van der Waals surface area contributed by atoms with Crippen molar-refractivity contribution in [3.8, 4) is 11.1 Å². The summed E-state index contributed by atoms with van der Waals surface area (Å²) in [6, 6.07) is 9.86. The average molecular weight is 237 g/mol. The van der Waals surface area contributed by atoms with Crippen LogP contribution >= 0.6 is 0 Å². The Hall–Kier alpha value is -2.49. The fourth-order valence-electron chi connectivity index (χ4n) is 1.85. The zero-order valence-corrected chi connectivity index (χ0v) is 9.87. The van der Waals surface area contributed by atoms with Crippen molar-refractivity contribution in [1.82, 2.24) is 14.6 Å². The molecule has 0 spiro atoms. The van der Waals surface area contributed by atoms with Gasteiger partial charge in [-0.3, -0.25) is 4.79 Å². The molecule has 0 bridgehead atoms. The second-order valence-corrected chi connectivity index (χ2v) is 4.20. The Labute approximate surface area is 104 Å². The molecule has 88 valence electrons. The van der Waals surface area contributed by atoms with Crippen molar-refractivity contribution in [2.45, 2.75) is 6.92 Å². The highest BCUT2D eigenvalue weighted by Gasteiger charge is 2.04. The number of rotatable bonds is 2. The second-order valence-electron chi connectivity index (χ2n) is 4.20. The first kappa shape index (κ1) is 10.7. The maximum absolute atomic E-state index is 10.7. The summed E-state index contributed by atoms with van der Waals surface area (Å²) in [6.45, 7) is 2.05. The van der Waals surface area contributed by atoms with Gasteiger partial charge in [0.15, 0.2) is 11.9 Å². The van der Waals surface area contributed by atoms with E-state index in [1.165, 1.54) is 5.56 Å². The normalized spacial score (nSPS) is 10.7. The summed E-state index contributed by atoms with van der Waals surface area (Å²) < 4.78 is 1.62. The summed E-state index contributed by atoms with van der Waals surface area (Å²) in [4.78, 5) is 15.0.